The molecular weight excluding hydrogens is 430 g/mol. The van der Waals surface area contributed by atoms with Gasteiger partial charge in [-0.25, -0.2) is 4.98 Å². The van der Waals surface area contributed by atoms with Crippen molar-refractivity contribution in [3.63, 3.8) is 0 Å². The normalized spacial score (nSPS) is 16.7. The van der Waals surface area contributed by atoms with Crippen LogP contribution in [0.4, 0.5) is 0 Å². The predicted molar refractivity (Wildman–Crippen MR) is 126 cm³/mol. The van der Waals surface area contributed by atoms with Crippen LogP contribution in [0.1, 0.15) is 60.3 Å². The van der Waals surface area contributed by atoms with Crippen LogP contribution >= 0.6 is 0 Å². The summed E-state index contributed by atoms with van der Waals surface area (Å²) in [5.41, 5.74) is 1.37. The highest BCUT2D eigenvalue weighted by atomic mass is 16.5. The van der Waals surface area contributed by atoms with E-state index in [4.69, 9.17) is 10.00 Å². The molecular formula is C26H31N5O3. The number of benzene rings is 1. The summed E-state index contributed by atoms with van der Waals surface area (Å²) >= 11 is 0. The van der Waals surface area contributed by atoms with E-state index in [9.17, 15) is 9.59 Å². The first-order valence-corrected chi connectivity index (χ1v) is 12.1. The molecule has 0 spiro atoms. The molecule has 1 aliphatic heterocycles. The molecule has 1 aliphatic carbocycles. The van der Waals surface area contributed by atoms with Crippen LogP contribution in [0.2, 0.25) is 0 Å². The van der Waals surface area contributed by atoms with Crippen molar-refractivity contribution in [2.45, 2.75) is 44.9 Å². The van der Waals surface area contributed by atoms with Crippen LogP contribution in [-0.4, -0.2) is 64.4 Å². The summed E-state index contributed by atoms with van der Waals surface area (Å²) in [5, 5.41) is 8.80. The predicted octanol–water partition coefficient (Wildman–Crippen LogP) is 3.22. The molecule has 0 atom stereocenters. The van der Waals surface area contributed by atoms with Gasteiger partial charge in [-0.2, -0.15) is 5.26 Å². The average molecular weight is 462 g/mol. The van der Waals surface area contributed by atoms with E-state index in [2.05, 4.69) is 9.97 Å². The minimum absolute atomic E-state index is 0.0391. The van der Waals surface area contributed by atoms with E-state index in [-0.39, 0.29) is 23.9 Å². The van der Waals surface area contributed by atoms with Crippen molar-refractivity contribution in [1.82, 2.24) is 19.8 Å². The smallest absolute Gasteiger partial charge is 0.254 e. The van der Waals surface area contributed by atoms with E-state index in [0.29, 0.717) is 44.0 Å². The molecule has 1 aromatic heterocycles. The van der Waals surface area contributed by atoms with Crippen molar-refractivity contribution in [1.29, 1.82) is 5.26 Å². The fraction of sp³-hybridized carbons (Fsp3) is 0.500. The third kappa shape index (κ3) is 6.31. The van der Waals surface area contributed by atoms with Gasteiger partial charge in [0.05, 0.1) is 31.1 Å². The molecule has 1 saturated carbocycles. The molecule has 0 bridgehead atoms. The molecule has 1 saturated heterocycles. The first-order valence-electron chi connectivity index (χ1n) is 12.1. The van der Waals surface area contributed by atoms with Gasteiger partial charge < -0.3 is 14.5 Å². The SMILES string of the molecule is N#Cc1cnc(CC(=O)N2CCN(C(=O)c3cccc(OCCC4CCCCC4)c3)CC2)cn1. The van der Waals surface area contributed by atoms with E-state index in [0.717, 1.165) is 18.1 Å². The van der Waals surface area contributed by atoms with Crippen LogP contribution in [0.3, 0.4) is 0 Å². The standard InChI is InChI=1S/C26H31N5O3/c27-17-23-19-28-22(18-29-23)16-25(32)30-10-12-31(13-11-30)26(33)21-7-4-8-24(15-21)34-14-9-20-5-2-1-3-6-20/h4,7-8,15,18-20H,1-3,5-6,9-14,16H2. The van der Waals surface area contributed by atoms with Gasteiger partial charge in [-0.3, -0.25) is 14.6 Å². The second-order valence-corrected chi connectivity index (χ2v) is 9.02. The van der Waals surface area contributed by atoms with Crippen molar-refractivity contribution in [3.8, 4) is 11.8 Å². The van der Waals surface area contributed by atoms with Gasteiger partial charge in [-0.1, -0.05) is 38.2 Å². The summed E-state index contributed by atoms with van der Waals surface area (Å²) in [4.78, 5) is 37.2. The number of nitrogens with zero attached hydrogens (tertiary/aromatic N) is 5. The van der Waals surface area contributed by atoms with E-state index in [1.807, 2.05) is 30.3 Å². The van der Waals surface area contributed by atoms with E-state index < -0.39 is 0 Å². The van der Waals surface area contributed by atoms with Crippen molar-refractivity contribution in [3.05, 3.63) is 53.6 Å². The fourth-order valence-electron chi connectivity index (χ4n) is 4.65. The van der Waals surface area contributed by atoms with E-state index in [1.165, 1.54) is 44.5 Å². The highest BCUT2D eigenvalue weighted by Gasteiger charge is 2.25. The lowest BCUT2D eigenvalue weighted by atomic mass is 9.87. The lowest BCUT2D eigenvalue weighted by Crippen LogP contribution is -2.51. The molecule has 0 radical (unpaired) electrons. The largest absolute Gasteiger partial charge is 0.494 e. The quantitative estimate of drug-likeness (QED) is 0.628. The summed E-state index contributed by atoms with van der Waals surface area (Å²) < 4.78 is 5.95. The molecule has 8 nitrogen and oxygen atoms in total. The van der Waals surface area contributed by atoms with Gasteiger partial charge in [0.25, 0.3) is 5.91 Å². The maximum atomic E-state index is 13.0. The molecule has 2 fully saturated rings. The highest BCUT2D eigenvalue weighted by molar-refractivity contribution is 5.94. The fourth-order valence-corrected chi connectivity index (χ4v) is 4.65. The third-order valence-corrected chi connectivity index (χ3v) is 6.67. The number of hydrogen-bond acceptors (Lipinski definition) is 6. The van der Waals surface area contributed by atoms with Gasteiger partial charge in [-0.05, 0) is 30.5 Å². The lowest BCUT2D eigenvalue weighted by Gasteiger charge is -2.34. The maximum Gasteiger partial charge on any atom is 0.254 e. The van der Waals surface area contributed by atoms with Crippen LogP contribution in [0.25, 0.3) is 0 Å². The number of carbonyl (C=O) groups is 2. The summed E-state index contributed by atoms with van der Waals surface area (Å²) in [6, 6.07) is 9.32. The zero-order valence-corrected chi connectivity index (χ0v) is 19.5. The molecule has 178 valence electrons. The summed E-state index contributed by atoms with van der Waals surface area (Å²) in [6.45, 7) is 2.61. The molecule has 0 N–H and O–H groups in total. The molecule has 2 heterocycles. The van der Waals surface area contributed by atoms with Crippen molar-refractivity contribution in [2.24, 2.45) is 5.92 Å². The monoisotopic (exact) mass is 461 g/mol. The Morgan fingerprint density at radius 1 is 1.03 bits per heavy atom. The molecule has 1 aromatic carbocycles. The summed E-state index contributed by atoms with van der Waals surface area (Å²) in [5.74, 6) is 1.41. The number of hydrogen-bond donors (Lipinski definition) is 0. The number of rotatable bonds is 7. The molecule has 0 unspecified atom stereocenters. The minimum Gasteiger partial charge on any atom is -0.494 e. The van der Waals surface area contributed by atoms with Gasteiger partial charge in [0, 0.05) is 31.7 Å². The van der Waals surface area contributed by atoms with Crippen LogP contribution in [0.5, 0.6) is 5.75 Å². The average Bonchev–Trinajstić information content (AvgIpc) is 2.89. The Hall–Kier alpha value is -3.47. The van der Waals surface area contributed by atoms with Gasteiger partial charge in [0.2, 0.25) is 5.91 Å². The second kappa shape index (κ2) is 11.6. The highest BCUT2D eigenvalue weighted by Crippen LogP contribution is 2.26. The Morgan fingerprint density at radius 3 is 2.50 bits per heavy atom. The second-order valence-electron chi connectivity index (χ2n) is 9.02. The topological polar surface area (TPSA) is 99.4 Å². The Bertz CT molecular complexity index is 1020. The Morgan fingerprint density at radius 2 is 1.79 bits per heavy atom. The zero-order chi connectivity index (χ0) is 23.8. The van der Waals surface area contributed by atoms with Gasteiger partial charge in [0.15, 0.2) is 5.69 Å². The Kier molecular flexibility index (Phi) is 8.08. The first kappa shape index (κ1) is 23.7. The number of amides is 2. The van der Waals surface area contributed by atoms with Gasteiger partial charge in [-0.15, -0.1) is 0 Å². The van der Waals surface area contributed by atoms with Crippen molar-refractivity contribution < 1.29 is 14.3 Å². The molecule has 8 heteroatoms. The minimum atomic E-state index is -0.0560. The van der Waals surface area contributed by atoms with E-state index >= 15 is 0 Å². The molecule has 4 rings (SSSR count). The lowest BCUT2D eigenvalue weighted by molar-refractivity contribution is -0.132. The van der Waals surface area contributed by atoms with Crippen LogP contribution in [-0.2, 0) is 11.2 Å². The maximum absolute atomic E-state index is 13.0. The number of ether oxygens (including phenoxy) is 1. The first-order chi connectivity index (χ1) is 16.6. The summed E-state index contributed by atoms with van der Waals surface area (Å²) in [6.07, 6.45) is 10.7. The van der Waals surface area contributed by atoms with Crippen molar-refractivity contribution in [2.75, 3.05) is 32.8 Å². The molecule has 2 aromatic rings. The number of piperazine rings is 1. The number of aromatic nitrogens is 2. The van der Waals surface area contributed by atoms with Crippen LogP contribution in [0.15, 0.2) is 36.7 Å². The Labute approximate surface area is 200 Å². The molecule has 2 aliphatic rings. The van der Waals surface area contributed by atoms with Gasteiger partial charge in [0.1, 0.15) is 11.8 Å². The zero-order valence-electron chi connectivity index (χ0n) is 19.5. The van der Waals surface area contributed by atoms with Gasteiger partial charge >= 0.3 is 0 Å². The van der Waals surface area contributed by atoms with E-state index in [1.54, 1.807) is 9.80 Å². The summed E-state index contributed by atoms with van der Waals surface area (Å²) in [7, 11) is 0. The number of carbonyl (C=O) groups excluding carboxylic acids is 2. The third-order valence-electron chi connectivity index (χ3n) is 6.67. The Balaban J connectivity index is 1.24. The molecule has 34 heavy (non-hydrogen) atoms. The molecule has 2 amide bonds. The van der Waals surface area contributed by atoms with Crippen molar-refractivity contribution >= 4 is 11.8 Å². The van der Waals surface area contributed by atoms with Crippen LogP contribution < -0.4 is 4.74 Å². The number of nitriles is 1. The van der Waals surface area contributed by atoms with Crippen LogP contribution in [0, 0.1) is 17.2 Å².